The van der Waals surface area contributed by atoms with Crippen LogP contribution in [0.25, 0.3) is 0 Å². The topological polar surface area (TPSA) is 150 Å². The summed E-state index contributed by atoms with van der Waals surface area (Å²) < 4.78 is 39.9. The van der Waals surface area contributed by atoms with Gasteiger partial charge in [0, 0.05) is 25.5 Å². The lowest BCUT2D eigenvalue weighted by Crippen LogP contribution is -2.25. The van der Waals surface area contributed by atoms with Crippen LogP contribution in [0, 0.1) is 5.92 Å². The van der Waals surface area contributed by atoms with E-state index in [1.807, 2.05) is 13.8 Å². The number of hydroxylamine groups is 1. The highest BCUT2D eigenvalue weighted by Crippen LogP contribution is 2.55. The second-order valence-electron chi connectivity index (χ2n) is 8.10. The standard InChI is InChI=1S/C23H28ClN5O7P2/c1-15(2)14-35-29-22(30)16-9-11-17(12-10-16)26-23-25-13-18(24)21(28-23)27-19-7-5-6-8-20(19)38(32,34-4)36-37(31)33-3/h5-13,15,37H,14H2,1-4H3,(H,29,30)(H2,25,26,27,28). The first-order chi connectivity index (χ1) is 18.1. The molecule has 15 heteroatoms. The molecular weight excluding hydrogens is 556 g/mol. The number of amides is 1. The van der Waals surface area contributed by atoms with Gasteiger partial charge in [0.15, 0.2) is 5.82 Å². The van der Waals surface area contributed by atoms with Crippen molar-refractivity contribution in [3.63, 3.8) is 0 Å². The Morgan fingerprint density at radius 3 is 2.47 bits per heavy atom. The Bertz CT molecular complexity index is 1330. The van der Waals surface area contributed by atoms with Gasteiger partial charge in [-0.2, -0.15) is 4.98 Å². The van der Waals surface area contributed by atoms with E-state index in [2.05, 4.69) is 30.6 Å². The summed E-state index contributed by atoms with van der Waals surface area (Å²) in [5.74, 6) is 0.312. The van der Waals surface area contributed by atoms with E-state index >= 15 is 0 Å². The minimum atomic E-state index is -4.01. The minimum absolute atomic E-state index is 0.105. The average Bonchev–Trinajstić information content (AvgIpc) is 2.90. The van der Waals surface area contributed by atoms with Gasteiger partial charge >= 0.3 is 15.9 Å². The maximum absolute atomic E-state index is 13.3. The number of benzene rings is 2. The summed E-state index contributed by atoms with van der Waals surface area (Å²) in [4.78, 5) is 25.9. The summed E-state index contributed by atoms with van der Waals surface area (Å²) in [7, 11) is -4.72. The van der Waals surface area contributed by atoms with Crippen molar-refractivity contribution < 1.29 is 32.1 Å². The number of halogens is 1. The first-order valence-corrected chi connectivity index (χ1v) is 14.4. The van der Waals surface area contributed by atoms with E-state index in [4.69, 9.17) is 25.3 Å². The first kappa shape index (κ1) is 29.7. The number of anilines is 4. The normalized spacial score (nSPS) is 13.5. The summed E-state index contributed by atoms with van der Waals surface area (Å²) in [5.41, 5.74) is 3.72. The Morgan fingerprint density at radius 2 is 1.82 bits per heavy atom. The molecule has 3 aromatic rings. The van der Waals surface area contributed by atoms with Gasteiger partial charge in [-0.3, -0.25) is 18.8 Å². The quantitative estimate of drug-likeness (QED) is 0.174. The van der Waals surface area contributed by atoms with Crippen molar-refractivity contribution in [3.05, 3.63) is 65.3 Å². The van der Waals surface area contributed by atoms with Crippen LogP contribution in [0.2, 0.25) is 5.02 Å². The van der Waals surface area contributed by atoms with Crippen molar-refractivity contribution in [3.8, 4) is 0 Å². The third-order valence-corrected chi connectivity index (χ3v) is 8.41. The number of aromatic nitrogens is 2. The zero-order chi connectivity index (χ0) is 27.7. The molecule has 0 spiro atoms. The molecule has 0 saturated carbocycles. The van der Waals surface area contributed by atoms with E-state index in [1.165, 1.54) is 26.5 Å². The number of hydrogen-bond acceptors (Lipinski definition) is 11. The zero-order valence-electron chi connectivity index (χ0n) is 21.1. The zero-order valence-corrected chi connectivity index (χ0v) is 23.7. The van der Waals surface area contributed by atoms with Gasteiger partial charge in [-0.05, 0) is 42.3 Å². The van der Waals surface area contributed by atoms with Gasteiger partial charge in [-0.15, -0.1) is 0 Å². The molecule has 12 nitrogen and oxygen atoms in total. The van der Waals surface area contributed by atoms with Crippen molar-refractivity contribution in [2.24, 2.45) is 5.92 Å². The van der Waals surface area contributed by atoms with Gasteiger partial charge in [0.1, 0.15) is 5.02 Å². The van der Waals surface area contributed by atoms with Crippen LogP contribution in [0.4, 0.5) is 23.1 Å². The fourth-order valence-corrected chi connectivity index (χ4v) is 5.75. The van der Waals surface area contributed by atoms with Crippen LogP contribution in [-0.4, -0.2) is 36.7 Å². The molecule has 0 radical (unpaired) electrons. The lowest BCUT2D eigenvalue weighted by atomic mass is 10.2. The lowest BCUT2D eigenvalue weighted by molar-refractivity contribution is 0.0208. The predicted octanol–water partition coefficient (Wildman–Crippen LogP) is 5.45. The molecule has 0 saturated heterocycles. The molecule has 1 amide bonds. The van der Waals surface area contributed by atoms with Crippen molar-refractivity contribution in [1.29, 1.82) is 0 Å². The number of rotatable bonds is 13. The van der Waals surface area contributed by atoms with Crippen LogP contribution in [0.1, 0.15) is 24.2 Å². The van der Waals surface area contributed by atoms with Crippen LogP contribution in [0.15, 0.2) is 54.7 Å². The number of carbonyl (C=O) groups is 1. The van der Waals surface area contributed by atoms with Crippen molar-refractivity contribution in [2.45, 2.75) is 13.8 Å². The van der Waals surface area contributed by atoms with E-state index in [9.17, 15) is 13.9 Å². The fraction of sp³-hybridized carbons (Fsp3) is 0.261. The summed E-state index contributed by atoms with van der Waals surface area (Å²) >= 11 is 6.30. The maximum Gasteiger partial charge on any atom is 0.370 e. The maximum atomic E-state index is 13.3. The van der Waals surface area contributed by atoms with Crippen molar-refractivity contribution in [1.82, 2.24) is 15.4 Å². The molecule has 0 aliphatic rings. The monoisotopic (exact) mass is 583 g/mol. The van der Waals surface area contributed by atoms with Gasteiger partial charge in [-0.1, -0.05) is 37.6 Å². The SMILES string of the molecule is CO[PH](=O)OP(=O)(OC)c1ccccc1Nc1nc(Nc2ccc(C(=O)NOCC(C)C)cc2)ncc1Cl. The van der Waals surface area contributed by atoms with Crippen LogP contribution in [0.3, 0.4) is 0 Å². The summed E-state index contributed by atoms with van der Waals surface area (Å²) in [6, 6.07) is 13.0. The van der Waals surface area contributed by atoms with E-state index in [0.29, 0.717) is 23.5 Å². The van der Waals surface area contributed by atoms with Crippen LogP contribution < -0.4 is 21.4 Å². The van der Waals surface area contributed by atoms with Crippen LogP contribution >= 0.6 is 27.5 Å². The second kappa shape index (κ2) is 13.8. The highest BCUT2D eigenvalue weighted by atomic mass is 35.5. The molecule has 3 N–H and O–H groups in total. The van der Waals surface area contributed by atoms with Crippen molar-refractivity contribution in [2.75, 3.05) is 31.5 Å². The van der Waals surface area contributed by atoms with Crippen LogP contribution in [0.5, 0.6) is 0 Å². The van der Waals surface area contributed by atoms with E-state index in [1.54, 1.807) is 42.5 Å². The highest BCUT2D eigenvalue weighted by Gasteiger charge is 2.32. The molecule has 0 bridgehead atoms. The number of nitrogens with zero attached hydrogens (tertiary/aromatic N) is 2. The summed E-state index contributed by atoms with van der Waals surface area (Å²) in [5, 5.41) is 6.31. The van der Waals surface area contributed by atoms with Gasteiger partial charge in [0.2, 0.25) is 5.95 Å². The molecule has 3 rings (SSSR count). The predicted molar refractivity (Wildman–Crippen MR) is 146 cm³/mol. The molecule has 2 unspecified atom stereocenters. The Hall–Kier alpha value is -2.82. The van der Waals surface area contributed by atoms with E-state index < -0.39 is 15.9 Å². The average molecular weight is 584 g/mol. The molecule has 1 heterocycles. The van der Waals surface area contributed by atoms with Crippen LogP contribution in [-0.2, 0) is 27.3 Å². The number of hydrogen-bond donors (Lipinski definition) is 3. The smallest absolute Gasteiger partial charge is 0.338 e. The molecule has 204 valence electrons. The first-order valence-electron chi connectivity index (χ1n) is 11.3. The van der Waals surface area contributed by atoms with Gasteiger partial charge < -0.3 is 19.7 Å². The Morgan fingerprint density at radius 1 is 1.11 bits per heavy atom. The van der Waals surface area contributed by atoms with Gasteiger partial charge in [-0.25, -0.2) is 14.8 Å². The summed E-state index contributed by atoms with van der Waals surface area (Å²) in [6.45, 7) is 4.36. The largest absolute Gasteiger partial charge is 0.370 e. The lowest BCUT2D eigenvalue weighted by Gasteiger charge is -2.19. The molecule has 1 aromatic heterocycles. The molecule has 0 aliphatic carbocycles. The van der Waals surface area contributed by atoms with Crippen molar-refractivity contribution >= 4 is 61.8 Å². The number of nitrogens with one attached hydrogen (secondary N) is 3. The molecular formula is C23H28ClN5O7P2. The summed E-state index contributed by atoms with van der Waals surface area (Å²) in [6.07, 6.45) is 1.38. The fourth-order valence-electron chi connectivity index (χ4n) is 2.95. The molecule has 2 atom stereocenters. The Kier molecular flexibility index (Phi) is 10.8. The molecule has 38 heavy (non-hydrogen) atoms. The molecule has 2 aromatic carbocycles. The number of para-hydroxylation sites is 1. The van der Waals surface area contributed by atoms with Gasteiger partial charge in [0.05, 0.1) is 23.8 Å². The third-order valence-electron chi connectivity index (χ3n) is 4.78. The number of carbonyl (C=O) groups excluding carboxylic acids is 1. The third kappa shape index (κ3) is 8.09. The minimum Gasteiger partial charge on any atom is -0.338 e. The molecule has 0 aliphatic heterocycles. The highest BCUT2D eigenvalue weighted by molar-refractivity contribution is 7.67. The second-order valence-corrected chi connectivity index (χ2v) is 12.0. The molecule has 0 fully saturated rings. The van der Waals surface area contributed by atoms with Gasteiger partial charge in [0.25, 0.3) is 5.91 Å². The Balaban J connectivity index is 1.77. The van der Waals surface area contributed by atoms with E-state index in [-0.39, 0.29) is 33.9 Å². The van der Waals surface area contributed by atoms with E-state index in [0.717, 1.165) is 0 Å². The Labute approximate surface area is 225 Å².